The Kier molecular flexibility index (Phi) is 5.72. The molecule has 3 N–H and O–H groups in total. The Balaban J connectivity index is 1.57. The Morgan fingerprint density at radius 3 is 3.07 bits per heavy atom. The second-order valence-corrected chi connectivity index (χ2v) is 8.87. The maximum absolute atomic E-state index is 13.4. The van der Waals surface area contributed by atoms with Crippen LogP contribution in [0, 0.1) is 5.82 Å². The Labute approximate surface area is 177 Å². The third kappa shape index (κ3) is 4.08. The highest BCUT2D eigenvalue weighted by atomic mass is 35.5. The van der Waals surface area contributed by atoms with Crippen LogP contribution in [-0.2, 0) is 13.0 Å². The highest BCUT2D eigenvalue weighted by Gasteiger charge is 2.27. The molecular formula is C21H22ClFN4OS. The molecule has 0 fully saturated rings. The van der Waals surface area contributed by atoms with Crippen molar-refractivity contribution in [2.75, 3.05) is 6.54 Å². The first-order chi connectivity index (χ1) is 14.0. The van der Waals surface area contributed by atoms with E-state index in [0.29, 0.717) is 22.2 Å². The molecule has 2 atom stereocenters. The zero-order valence-corrected chi connectivity index (χ0v) is 17.6. The van der Waals surface area contributed by atoms with Crippen molar-refractivity contribution in [3.8, 4) is 11.3 Å². The van der Waals surface area contributed by atoms with Crippen LogP contribution in [0.1, 0.15) is 39.4 Å². The van der Waals surface area contributed by atoms with Crippen molar-refractivity contribution >= 4 is 28.8 Å². The molecule has 0 saturated heterocycles. The molecular weight excluding hydrogens is 411 g/mol. The van der Waals surface area contributed by atoms with Gasteiger partial charge >= 0.3 is 0 Å². The first-order valence-corrected chi connectivity index (χ1v) is 10.8. The Bertz CT molecular complexity index is 1050. The first kappa shape index (κ1) is 20.1. The molecule has 1 aromatic carbocycles. The van der Waals surface area contributed by atoms with Crippen molar-refractivity contribution in [2.24, 2.45) is 5.73 Å². The van der Waals surface area contributed by atoms with E-state index in [1.54, 1.807) is 12.3 Å². The van der Waals surface area contributed by atoms with Crippen molar-refractivity contribution in [3.63, 3.8) is 0 Å². The Hall–Kier alpha value is -2.22. The maximum atomic E-state index is 13.4. The number of nitrogens with zero attached hydrogens (tertiary/aromatic N) is 2. The normalized spacial score (nSPS) is 16.6. The lowest BCUT2D eigenvalue weighted by Gasteiger charge is -2.16. The van der Waals surface area contributed by atoms with E-state index < -0.39 is 0 Å². The number of hydrogen-bond donors (Lipinski definition) is 2. The molecule has 29 heavy (non-hydrogen) atoms. The summed E-state index contributed by atoms with van der Waals surface area (Å²) in [5, 5.41) is 7.95. The number of carbonyl (C=O) groups excluding carboxylic acids is 1. The number of thiophene rings is 1. The van der Waals surface area contributed by atoms with Crippen LogP contribution < -0.4 is 11.1 Å². The monoisotopic (exact) mass is 432 g/mol. The summed E-state index contributed by atoms with van der Waals surface area (Å²) in [5.74, 6) is -0.162. The molecule has 0 radical (unpaired) electrons. The van der Waals surface area contributed by atoms with E-state index in [9.17, 15) is 9.18 Å². The largest absolute Gasteiger partial charge is 0.347 e. The molecule has 4 rings (SSSR count). The standard InChI is InChI=1S/C21H22ClFN4OS/c1-12-5-6-27-19(17(22)11-25-27)16-9-18(29-20(12)16)21(28)26-15(10-24)8-13-3-2-4-14(23)7-13/h2-4,7,9,11-12,15H,5-6,8,10,24H2,1H3,(H,26,28). The molecule has 152 valence electrons. The zero-order chi connectivity index (χ0) is 20.5. The minimum Gasteiger partial charge on any atom is -0.347 e. The molecule has 3 aromatic rings. The summed E-state index contributed by atoms with van der Waals surface area (Å²) in [6, 6.07) is 7.97. The van der Waals surface area contributed by atoms with Crippen molar-refractivity contribution < 1.29 is 9.18 Å². The van der Waals surface area contributed by atoms with E-state index in [1.165, 1.54) is 23.5 Å². The number of rotatable bonds is 5. The van der Waals surface area contributed by atoms with Gasteiger partial charge in [0.25, 0.3) is 5.91 Å². The molecule has 0 saturated carbocycles. The number of nitrogens with two attached hydrogens (primary N) is 1. The van der Waals surface area contributed by atoms with Crippen LogP contribution in [0.2, 0.25) is 5.02 Å². The summed E-state index contributed by atoms with van der Waals surface area (Å²) in [5.41, 5.74) is 8.50. The number of benzene rings is 1. The van der Waals surface area contributed by atoms with Gasteiger partial charge in [-0.25, -0.2) is 4.39 Å². The highest BCUT2D eigenvalue weighted by Crippen LogP contribution is 2.43. The van der Waals surface area contributed by atoms with Crippen LogP contribution >= 0.6 is 22.9 Å². The number of aryl methyl sites for hydroxylation is 1. The molecule has 1 aliphatic rings. The fourth-order valence-corrected chi connectivity index (χ4v) is 5.11. The molecule has 1 aliphatic heterocycles. The minimum absolute atomic E-state index is 0.177. The molecule has 2 aromatic heterocycles. The van der Waals surface area contributed by atoms with E-state index in [2.05, 4.69) is 17.3 Å². The lowest BCUT2D eigenvalue weighted by atomic mass is 10.0. The predicted molar refractivity (Wildman–Crippen MR) is 114 cm³/mol. The van der Waals surface area contributed by atoms with Crippen molar-refractivity contribution in [1.29, 1.82) is 0 Å². The molecule has 8 heteroatoms. The van der Waals surface area contributed by atoms with Crippen molar-refractivity contribution in [1.82, 2.24) is 15.1 Å². The van der Waals surface area contributed by atoms with Gasteiger partial charge < -0.3 is 11.1 Å². The van der Waals surface area contributed by atoms with Crippen LogP contribution in [0.25, 0.3) is 11.3 Å². The fraction of sp³-hybridized carbons (Fsp3) is 0.333. The number of nitrogens with one attached hydrogen (secondary N) is 1. The highest BCUT2D eigenvalue weighted by molar-refractivity contribution is 7.14. The summed E-state index contributed by atoms with van der Waals surface area (Å²) in [6.45, 7) is 3.22. The van der Waals surface area contributed by atoms with Crippen molar-refractivity contribution in [2.45, 2.75) is 38.3 Å². The van der Waals surface area contributed by atoms with Gasteiger partial charge in [-0.15, -0.1) is 11.3 Å². The van der Waals surface area contributed by atoms with Crippen LogP contribution in [0.5, 0.6) is 0 Å². The van der Waals surface area contributed by atoms with Gasteiger partial charge in [0.1, 0.15) is 5.82 Å². The van der Waals surface area contributed by atoms with Crippen LogP contribution in [0.3, 0.4) is 0 Å². The third-order valence-corrected chi connectivity index (χ3v) is 6.89. The Morgan fingerprint density at radius 2 is 2.31 bits per heavy atom. The van der Waals surface area contributed by atoms with Gasteiger partial charge in [0.2, 0.25) is 0 Å². The van der Waals surface area contributed by atoms with Crippen LogP contribution in [0.4, 0.5) is 4.39 Å². The smallest absolute Gasteiger partial charge is 0.261 e. The lowest BCUT2D eigenvalue weighted by molar-refractivity contribution is 0.0942. The van der Waals surface area contributed by atoms with Gasteiger partial charge in [0.05, 0.1) is 21.8 Å². The lowest BCUT2D eigenvalue weighted by Crippen LogP contribution is -2.41. The number of carbonyl (C=O) groups is 1. The van der Waals surface area contributed by atoms with E-state index >= 15 is 0 Å². The summed E-state index contributed by atoms with van der Waals surface area (Å²) in [6.07, 6.45) is 3.06. The SMILES string of the molecule is CC1CCn2ncc(Cl)c2-c2cc(C(=O)NC(CN)Cc3cccc(F)c3)sc21. The fourth-order valence-electron chi connectivity index (χ4n) is 3.71. The zero-order valence-electron chi connectivity index (χ0n) is 16.0. The predicted octanol–water partition coefficient (Wildman–Crippen LogP) is 4.21. The molecule has 5 nitrogen and oxygen atoms in total. The third-order valence-electron chi connectivity index (χ3n) is 5.25. The van der Waals surface area contributed by atoms with E-state index in [0.717, 1.165) is 34.7 Å². The molecule has 0 aliphatic carbocycles. The summed E-state index contributed by atoms with van der Waals surface area (Å²) in [4.78, 5) is 14.7. The van der Waals surface area contributed by atoms with Gasteiger partial charge in [0, 0.05) is 29.6 Å². The summed E-state index contributed by atoms with van der Waals surface area (Å²) in [7, 11) is 0. The van der Waals surface area contributed by atoms with E-state index in [1.807, 2.05) is 16.8 Å². The molecule has 2 unspecified atom stereocenters. The summed E-state index contributed by atoms with van der Waals surface area (Å²) < 4.78 is 15.4. The van der Waals surface area contributed by atoms with Gasteiger partial charge in [0.15, 0.2) is 0 Å². The van der Waals surface area contributed by atoms with Crippen LogP contribution in [0.15, 0.2) is 36.5 Å². The quantitative estimate of drug-likeness (QED) is 0.634. The first-order valence-electron chi connectivity index (χ1n) is 9.57. The average Bonchev–Trinajstić information content (AvgIpc) is 3.26. The number of aromatic nitrogens is 2. The minimum atomic E-state index is -0.297. The average molecular weight is 433 g/mol. The molecule has 0 bridgehead atoms. The summed E-state index contributed by atoms with van der Waals surface area (Å²) >= 11 is 7.87. The van der Waals surface area contributed by atoms with Crippen molar-refractivity contribution in [3.05, 3.63) is 62.7 Å². The second kappa shape index (κ2) is 8.26. The van der Waals surface area contributed by atoms with E-state index in [4.69, 9.17) is 17.3 Å². The number of hydrogen-bond acceptors (Lipinski definition) is 4. The molecule has 3 heterocycles. The molecule has 1 amide bonds. The number of fused-ring (bicyclic) bond motifs is 3. The van der Waals surface area contributed by atoms with Gasteiger partial charge in [-0.05, 0) is 42.5 Å². The number of amides is 1. The maximum Gasteiger partial charge on any atom is 0.261 e. The van der Waals surface area contributed by atoms with E-state index in [-0.39, 0.29) is 24.3 Å². The Morgan fingerprint density at radius 1 is 1.48 bits per heavy atom. The van der Waals surface area contributed by atoms with Crippen LogP contribution in [-0.4, -0.2) is 28.3 Å². The molecule has 0 spiro atoms. The topological polar surface area (TPSA) is 72.9 Å². The van der Waals surface area contributed by atoms with Gasteiger partial charge in [-0.1, -0.05) is 30.7 Å². The van der Waals surface area contributed by atoms with Gasteiger partial charge in [-0.2, -0.15) is 5.10 Å². The van der Waals surface area contributed by atoms with Gasteiger partial charge in [-0.3, -0.25) is 9.48 Å². The second-order valence-electron chi connectivity index (χ2n) is 7.38. The number of halogens is 2.